The van der Waals surface area contributed by atoms with E-state index in [9.17, 15) is 4.79 Å². The third kappa shape index (κ3) is 5.91. The Labute approximate surface area is 118 Å². The molecule has 1 saturated carbocycles. The Balaban J connectivity index is 2.49. The predicted molar refractivity (Wildman–Crippen MR) is 80.0 cm³/mol. The van der Waals surface area contributed by atoms with E-state index in [0.29, 0.717) is 19.0 Å². The third-order valence-electron chi connectivity index (χ3n) is 4.12. The fourth-order valence-corrected chi connectivity index (χ4v) is 2.95. The van der Waals surface area contributed by atoms with Gasteiger partial charge in [-0.2, -0.15) is 0 Å². The minimum absolute atomic E-state index is 0.117. The Morgan fingerprint density at radius 3 is 2.32 bits per heavy atom. The summed E-state index contributed by atoms with van der Waals surface area (Å²) >= 11 is 0. The molecular formula is C15H31N3O. The van der Waals surface area contributed by atoms with Crippen LogP contribution in [-0.2, 0) is 4.79 Å². The second-order valence-corrected chi connectivity index (χ2v) is 6.13. The number of nitrogens with two attached hydrogens (primary N) is 1. The van der Waals surface area contributed by atoms with Crippen molar-refractivity contribution in [3.8, 4) is 0 Å². The maximum absolute atomic E-state index is 11.9. The molecule has 3 N–H and O–H groups in total. The summed E-state index contributed by atoms with van der Waals surface area (Å²) in [7, 11) is 2.14. The molecule has 0 spiro atoms. The summed E-state index contributed by atoms with van der Waals surface area (Å²) in [6.07, 6.45) is 8.34. The number of carbonyl (C=O) groups excluding carboxylic acids is 1. The van der Waals surface area contributed by atoms with Gasteiger partial charge >= 0.3 is 0 Å². The molecule has 4 nitrogen and oxygen atoms in total. The largest absolute Gasteiger partial charge is 0.354 e. The lowest BCUT2D eigenvalue weighted by Gasteiger charge is -2.34. The number of carbonyl (C=O) groups is 1. The van der Waals surface area contributed by atoms with Gasteiger partial charge in [0.25, 0.3) is 0 Å². The van der Waals surface area contributed by atoms with E-state index in [0.717, 1.165) is 0 Å². The van der Waals surface area contributed by atoms with E-state index >= 15 is 0 Å². The monoisotopic (exact) mass is 269 g/mol. The van der Waals surface area contributed by atoms with Crippen LogP contribution >= 0.6 is 0 Å². The molecule has 0 aromatic rings. The highest BCUT2D eigenvalue weighted by molar-refractivity contribution is 5.76. The fourth-order valence-electron chi connectivity index (χ4n) is 2.95. The number of nitrogens with zero attached hydrogens (tertiary/aromatic N) is 1. The average molecular weight is 269 g/mol. The van der Waals surface area contributed by atoms with Crippen molar-refractivity contribution >= 4 is 5.91 Å². The van der Waals surface area contributed by atoms with Crippen molar-refractivity contribution in [1.29, 1.82) is 0 Å². The van der Waals surface area contributed by atoms with Crippen LogP contribution in [-0.4, -0.2) is 42.5 Å². The van der Waals surface area contributed by atoms with Crippen molar-refractivity contribution in [3.63, 3.8) is 0 Å². The highest BCUT2D eigenvalue weighted by Crippen LogP contribution is 2.22. The molecule has 112 valence electrons. The second-order valence-electron chi connectivity index (χ2n) is 6.13. The molecule has 0 radical (unpaired) electrons. The van der Waals surface area contributed by atoms with Crippen LogP contribution in [0.2, 0.25) is 0 Å². The van der Waals surface area contributed by atoms with Gasteiger partial charge in [0.15, 0.2) is 0 Å². The molecule has 4 heteroatoms. The molecule has 0 saturated heterocycles. The second kappa shape index (κ2) is 8.54. The molecule has 0 bridgehead atoms. The molecule has 1 fully saturated rings. The average Bonchev–Trinajstić information content (AvgIpc) is 2.63. The predicted octanol–water partition coefficient (Wildman–Crippen LogP) is 1.88. The number of likely N-dealkylation sites (N-methyl/N-ethyl adjacent to an activating group) is 1. The molecular weight excluding hydrogens is 238 g/mol. The van der Waals surface area contributed by atoms with Crippen molar-refractivity contribution in [2.24, 2.45) is 5.73 Å². The molecule has 0 aromatic heterocycles. The quantitative estimate of drug-likeness (QED) is 0.724. The Hall–Kier alpha value is -0.610. The van der Waals surface area contributed by atoms with Crippen molar-refractivity contribution in [3.05, 3.63) is 0 Å². The molecule has 1 unspecified atom stereocenters. The minimum Gasteiger partial charge on any atom is -0.354 e. The molecule has 0 heterocycles. The standard InChI is InChI=1S/C15H31N3O/c1-12(2)17-15(19)10-14(11-16)18(3)13-8-6-4-5-7-9-13/h12-14H,4-11,16H2,1-3H3,(H,17,19). The van der Waals surface area contributed by atoms with Crippen LogP contribution in [0.4, 0.5) is 0 Å². The van der Waals surface area contributed by atoms with Crippen LogP contribution in [0.15, 0.2) is 0 Å². The van der Waals surface area contributed by atoms with Crippen molar-refractivity contribution < 1.29 is 4.79 Å². The molecule has 1 atom stereocenters. The van der Waals surface area contributed by atoms with Gasteiger partial charge in [-0.05, 0) is 33.7 Å². The maximum Gasteiger partial charge on any atom is 0.221 e. The molecule has 1 aliphatic carbocycles. The van der Waals surface area contributed by atoms with Crippen LogP contribution < -0.4 is 11.1 Å². The van der Waals surface area contributed by atoms with Gasteiger partial charge < -0.3 is 11.1 Å². The number of hydrogen-bond acceptors (Lipinski definition) is 3. The molecule has 19 heavy (non-hydrogen) atoms. The van der Waals surface area contributed by atoms with E-state index in [2.05, 4.69) is 17.3 Å². The lowest BCUT2D eigenvalue weighted by atomic mass is 10.0. The van der Waals surface area contributed by atoms with E-state index in [1.165, 1.54) is 38.5 Å². The van der Waals surface area contributed by atoms with E-state index in [-0.39, 0.29) is 18.0 Å². The summed E-state index contributed by atoms with van der Waals surface area (Å²) in [6, 6.07) is 0.971. The van der Waals surface area contributed by atoms with Gasteiger partial charge in [0, 0.05) is 31.1 Å². The van der Waals surface area contributed by atoms with Gasteiger partial charge in [0.2, 0.25) is 5.91 Å². The van der Waals surface area contributed by atoms with Gasteiger partial charge in [-0.1, -0.05) is 25.7 Å². The summed E-state index contributed by atoms with van der Waals surface area (Å²) in [5, 5.41) is 2.96. The first-order valence-electron chi connectivity index (χ1n) is 7.76. The zero-order chi connectivity index (χ0) is 14.3. The number of hydrogen-bond donors (Lipinski definition) is 2. The summed E-state index contributed by atoms with van der Waals surface area (Å²) in [4.78, 5) is 14.2. The van der Waals surface area contributed by atoms with E-state index in [4.69, 9.17) is 5.73 Å². The van der Waals surface area contributed by atoms with Crippen molar-refractivity contribution in [2.75, 3.05) is 13.6 Å². The third-order valence-corrected chi connectivity index (χ3v) is 4.12. The minimum atomic E-state index is 0.117. The zero-order valence-corrected chi connectivity index (χ0v) is 12.8. The Kier molecular flexibility index (Phi) is 7.39. The number of amides is 1. The first-order chi connectivity index (χ1) is 9.04. The SMILES string of the molecule is CC(C)NC(=O)CC(CN)N(C)C1CCCCCC1. The maximum atomic E-state index is 11.9. The van der Waals surface area contributed by atoms with Gasteiger partial charge in [-0.3, -0.25) is 9.69 Å². The summed E-state index contributed by atoms with van der Waals surface area (Å²) in [5.74, 6) is 0.117. The molecule has 1 rings (SSSR count). The Morgan fingerprint density at radius 1 is 1.26 bits per heavy atom. The van der Waals surface area contributed by atoms with E-state index < -0.39 is 0 Å². The van der Waals surface area contributed by atoms with E-state index in [1.54, 1.807) is 0 Å². The highest BCUT2D eigenvalue weighted by atomic mass is 16.1. The van der Waals surface area contributed by atoms with Crippen LogP contribution in [0.25, 0.3) is 0 Å². The Morgan fingerprint density at radius 2 is 1.84 bits per heavy atom. The molecule has 0 aliphatic heterocycles. The van der Waals surface area contributed by atoms with Gasteiger partial charge in [0.05, 0.1) is 0 Å². The van der Waals surface area contributed by atoms with Crippen molar-refractivity contribution in [1.82, 2.24) is 10.2 Å². The van der Waals surface area contributed by atoms with Gasteiger partial charge in [0.1, 0.15) is 0 Å². The van der Waals surface area contributed by atoms with Gasteiger partial charge in [-0.25, -0.2) is 0 Å². The first-order valence-corrected chi connectivity index (χ1v) is 7.76. The number of rotatable bonds is 6. The van der Waals surface area contributed by atoms with Crippen LogP contribution in [0.1, 0.15) is 58.8 Å². The van der Waals surface area contributed by atoms with Crippen LogP contribution in [0.5, 0.6) is 0 Å². The normalized spacial score (nSPS) is 19.5. The van der Waals surface area contributed by atoms with Crippen LogP contribution in [0, 0.1) is 0 Å². The molecule has 1 amide bonds. The summed E-state index contributed by atoms with van der Waals surface area (Å²) < 4.78 is 0. The smallest absolute Gasteiger partial charge is 0.221 e. The lowest BCUT2D eigenvalue weighted by molar-refractivity contribution is -0.122. The molecule has 0 aromatic carbocycles. The zero-order valence-electron chi connectivity index (χ0n) is 12.8. The molecule has 1 aliphatic rings. The van der Waals surface area contributed by atoms with E-state index in [1.807, 2.05) is 13.8 Å². The first kappa shape index (κ1) is 16.4. The summed E-state index contributed by atoms with van der Waals surface area (Å²) in [6.45, 7) is 4.53. The fraction of sp³-hybridized carbons (Fsp3) is 0.933. The number of nitrogens with one attached hydrogen (secondary N) is 1. The highest BCUT2D eigenvalue weighted by Gasteiger charge is 2.24. The van der Waals surface area contributed by atoms with Crippen LogP contribution in [0.3, 0.4) is 0 Å². The summed E-state index contributed by atoms with van der Waals surface area (Å²) in [5.41, 5.74) is 5.88. The van der Waals surface area contributed by atoms with Crippen molar-refractivity contribution in [2.45, 2.75) is 76.9 Å². The Bertz CT molecular complexity index is 260. The lowest BCUT2D eigenvalue weighted by Crippen LogP contribution is -2.47. The topological polar surface area (TPSA) is 58.4 Å². The van der Waals surface area contributed by atoms with Gasteiger partial charge in [-0.15, -0.1) is 0 Å².